The van der Waals surface area contributed by atoms with E-state index >= 15 is 0 Å². The standard InChI is InChI=1S/C20H33N3O/c1-16(2)23-19(14-21-7-3-4-8-21)11-18-13-22(9-5-20(18)23)12-17-6-10-24-15-17/h6,10,15-16,18-20H,3-5,7-9,11-14H2,1-2H3/t18-,19+,20+/m1/s1. The molecule has 0 aromatic carbocycles. The number of likely N-dealkylation sites (tertiary alicyclic amines) is 3. The van der Waals surface area contributed by atoms with Crippen LogP contribution in [-0.4, -0.2) is 65.5 Å². The number of fused-ring (bicyclic) bond motifs is 1. The van der Waals surface area contributed by atoms with Crippen molar-refractivity contribution in [1.29, 1.82) is 0 Å². The zero-order valence-corrected chi connectivity index (χ0v) is 15.4. The highest BCUT2D eigenvalue weighted by molar-refractivity contribution is 5.07. The van der Waals surface area contributed by atoms with E-state index in [9.17, 15) is 0 Å². The Balaban J connectivity index is 1.40. The lowest BCUT2D eigenvalue weighted by atomic mass is 9.91. The highest BCUT2D eigenvalue weighted by Crippen LogP contribution is 2.38. The maximum Gasteiger partial charge on any atom is 0.0947 e. The number of hydrogen-bond acceptors (Lipinski definition) is 4. The summed E-state index contributed by atoms with van der Waals surface area (Å²) in [6, 6.07) is 4.36. The van der Waals surface area contributed by atoms with E-state index in [1.54, 1.807) is 6.26 Å². The topological polar surface area (TPSA) is 22.9 Å². The van der Waals surface area contributed by atoms with Crippen LogP contribution in [0.3, 0.4) is 0 Å². The van der Waals surface area contributed by atoms with Gasteiger partial charge in [-0.25, -0.2) is 0 Å². The minimum absolute atomic E-state index is 0.674. The second-order valence-corrected chi connectivity index (χ2v) is 8.42. The molecule has 0 bridgehead atoms. The summed E-state index contributed by atoms with van der Waals surface area (Å²) in [7, 11) is 0. The van der Waals surface area contributed by atoms with Crippen LogP contribution in [0.5, 0.6) is 0 Å². The van der Waals surface area contributed by atoms with Gasteiger partial charge in [0.2, 0.25) is 0 Å². The van der Waals surface area contributed by atoms with Crippen LogP contribution in [0.4, 0.5) is 0 Å². The lowest BCUT2D eigenvalue weighted by molar-refractivity contribution is 0.0683. The van der Waals surface area contributed by atoms with Gasteiger partial charge in [0.25, 0.3) is 0 Å². The number of hydrogen-bond donors (Lipinski definition) is 0. The molecule has 134 valence electrons. The van der Waals surface area contributed by atoms with Gasteiger partial charge >= 0.3 is 0 Å². The monoisotopic (exact) mass is 331 g/mol. The Bertz CT molecular complexity index is 509. The first kappa shape index (κ1) is 16.6. The van der Waals surface area contributed by atoms with E-state index in [-0.39, 0.29) is 0 Å². The maximum absolute atomic E-state index is 5.24. The minimum Gasteiger partial charge on any atom is -0.472 e. The van der Waals surface area contributed by atoms with Gasteiger partial charge in [0, 0.05) is 43.3 Å². The van der Waals surface area contributed by atoms with Crippen LogP contribution in [0.2, 0.25) is 0 Å². The molecular weight excluding hydrogens is 298 g/mol. The summed E-state index contributed by atoms with van der Waals surface area (Å²) < 4.78 is 5.24. The molecule has 1 aromatic heterocycles. The molecule has 3 fully saturated rings. The Morgan fingerprint density at radius 3 is 2.71 bits per heavy atom. The van der Waals surface area contributed by atoms with E-state index in [4.69, 9.17) is 4.42 Å². The molecule has 0 saturated carbocycles. The van der Waals surface area contributed by atoms with Gasteiger partial charge in [-0.05, 0) is 71.1 Å². The summed E-state index contributed by atoms with van der Waals surface area (Å²) in [4.78, 5) is 8.22. The van der Waals surface area contributed by atoms with E-state index in [1.807, 2.05) is 6.26 Å². The normalized spacial score (nSPS) is 32.7. The van der Waals surface area contributed by atoms with E-state index in [0.717, 1.165) is 24.5 Å². The van der Waals surface area contributed by atoms with Crippen LogP contribution in [0.15, 0.2) is 23.0 Å². The number of piperidine rings is 1. The van der Waals surface area contributed by atoms with Gasteiger partial charge in [0.1, 0.15) is 0 Å². The van der Waals surface area contributed by atoms with Crippen molar-refractivity contribution >= 4 is 0 Å². The number of furan rings is 1. The van der Waals surface area contributed by atoms with Gasteiger partial charge < -0.3 is 9.32 Å². The molecule has 0 spiro atoms. The predicted molar refractivity (Wildman–Crippen MR) is 96.9 cm³/mol. The van der Waals surface area contributed by atoms with Gasteiger partial charge in [-0.3, -0.25) is 9.80 Å². The van der Waals surface area contributed by atoms with E-state index in [1.165, 1.54) is 64.0 Å². The lowest BCUT2D eigenvalue weighted by Gasteiger charge is -2.41. The molecule has 24 heavy (non-hydrogen) atoms. The molecule has 0 radical (unpaired) electrons. The molecule has 3 atom stereocenters. The highest BCUT2D eigenvalue weighted by atomic mass is 16.3. The number of rotatable bonds is 5. The zero-order chi connectivity index (χ0) is 16.5. The van der Waals surface area contributed by atoms with Crippen molar-refractivity contribution in [3.63, 3.8) is 0 Å². The van der Waals surface area contributed by atoms with Crippen molar-refractivity contribution in [3.05, 3.63) is 24.2 Å². The van der Waals surface area contributed by atoms with Crippen molar-refractivity contribution in [2.45, 2.75) is 64.2 Å². The molecule has 4 rings (SSSR count). The lowest BCUT2D eigenvalue weighted by Crippen LogP contribution is -2.50. The van der Waals surface area contributed by atoms with Crippen LogP contribution < -0.4 is 0 Å². The molecule has 0 aliphatic carbocycles. The molecule has 4 heteroatoms. The summed E-state index contributed by atoms with van der Waals surface area (Å²) in [6.45, 7) is 12.3. The largest absolute Gasteiger partial charge is 0.472 e. The minimum atomic E-state index is 0.674. The quantitative estimate of drug-likeness (QED) is 0.827. The second kappa shape index (κ2) is 7.19. The highest BCUT2D eigenvalue weighted by Gasteiger charge is 2.45. The Kier molecular flexibility index (Phi) is 4.98. The Morgan fingerprint density at radius 1 is 1.17 bits per heavy atom. The smallest absolute Gasteiger partial charge is 0.0947 e. The van der Waals surface area contributed by atoms with E-state index < -0.39 is 0 Å². The zero-order valence-electron chi connectivity index (χ0n) is 15.4. The molecule has 3 aliphatic heterocycles. The molecule has 4 nitrogen and oxygen atoms in total. The van der Waals surface area contributed by atoms with Crippen molar-refractivity contribution in [1.82, 2.24) is 14.7 Å². The van der Waals surface area contributed by atoms with Crippen LogP contribution in [0.1, 0.15) is 45.1 Å². The fourth-order valence-corrected chi connectivity index (χ4v) is 5.48. The SMILES string of the molecule is CC(C)N1[C@H](CN2CCCC2)C[C@@H]2CN(Cc3ccoc3)CC[C@@H]21. The molecule has 0 amide bonds. The van der Waals surface area contributed by atoms with Crippen LogP contribution in [-0.2, 0) is 6.54 Å². The van der Waals surface area contributed by atoms with Crippen molar-refractivity contribution in [3.8, 4) is 0 Å². The van der Waals surface area contributed by atoms with Crippen molar-refractivity contribution in [2.24, 2.45) is 5.92 Å². The van der Waals surface area contributed by atoms with Gasteiger partial charge in [-0.15, -0.1) is 0 Å². The molecule has 1 aromatic rings. The van der Waals surface area contributed by atoms with Crippen molar-refractivity contribution in [2.75, 3.05) is 32.7 Å². The average Bonchev–Trinajstić information content (AvgIpc) is 3.27. The first-order chi connectivity index (χ1) is 11.7. The van der Waals surface area contributed by atoms with E-state index in [0.29, 0.717) is 6.04 Å². The van der Waals surface area contributed by atoms with Gasteiger partial charge in [-0.1, -0.05) is 0 Å². The maximum atomic E-state index is 5.24. The van der Waals surface area contributed by atoms with Gasteiger partial charge in [0.05, 0.1) is 12.5 Å². The second-order valence-electron chi connectivity index (χ2n) is 8.42. The summed E-state index contributed by atoms with van der Waals surface area (Å²) in [5.74, 6) is 0.848. The summed E-state index contributed by atoms with van der Waals surface area (Å²) in [5.41, 5.74) is 1.32. The van der Waals surface area contributed by atoms with E-state index in [2.05, 4.69) is 34.6 Å². The molecule has 0 unspecified atom stereocenters. The Hall–Kier alpha value is -0.840. The Morgan fingerprint density at radius 2 is 2.00 bits per heavy atom. The Labute approximate surface area is 146 Å². The summed E-state index contributed by atoms with van der Waals surface area (Å²) in [5, 5.41) is 0. The predicted octanol–water partition coefficient (Wildman–Crippen LogP) is 3.05. The number of nitrogens with zero attached hydrogens (tertiary/aromatic N) is 3. The van der Waals surface area contributed by atoms with Gasteiger partial charge in [-0.2, -0.15) is 0 Å². The van der Waals surface area contributed by atoms with Crippen LogP contribution in [0, 0.1) is 5.92 Å². The fourth-order valence-electron chi connectivity index (χ4n) is 5.48. The molecule has 3 saturated heterocycles. The summed E-state index contributed by atoms with van der Waals surface area (Å²) in [6.07, 6.45) is 9.22. The first-order valence-electron chi connectivity index (χ1n) is 9.94. The fraction of sp³-hybridized carbons (Fsp3) is 0.800. The third-order valence-corrected chi connectivity index (χ3v) is 6.41. The van der Waals surface area contributed by atoms with Crippen LogP contribution >= 0.6 is 0 Å². The third-order valence-electron chi connectivity index (χ3n) is 6.41. The summed E-state index contributed by atoms with van der Waals surface area (Å²) >= 11 is 0. The molecule has 4 heterocycles. The van der Waals surface area contributed by atoms with Crippen LogP contribution in [0.25, 0.3) is 0 Å². The molecular formula is C20H33N3O. The van der Waals surface area contributed by atoms with Crippen molar-refractivity contribution < 1.29 is 4.42 Å². The third kappa shape index (κ3) is 3.42. The average molecular weight is 332 g/mol. The molecule has 0 N–H and O–H groups in total. The van der Waals surface area contributed by atoms with Gasteiger partial charge in [0.15, 0.2) is 0 Å². The first-order valence-corrected chi connectivity index (χ1v) is 9.94. The molecule has 3 aliphatic rings.